The Bertz CT molecular complexity index is 181. The number of aliphatic imine (C=N–C) groups is 1. The molecule has 1 atom stereocenters. The molecule has 0 fully saturated rings. The van der Waals surface area contributed by atoms with Crippen LogP contribution in [0.15, 0.2) is 4.99 Å². The van der Waals surface area contributed by atoms with Gasteiger partial charge in [0, 0.05) is 12.1 Å². The number of nitrogens with zero attached hydrogens (tertiary/aromatic N) is 1. The van der Waals surface area contributed by atoms with Gasteiger partial charge in [-0.05, 0) is 5.92 Å². The molecule has 76 valence electrons. The van der Waals surface area contributed by atoms with Crippen LogP contribution in [0.4, 0.5) is 4.79 Å². The summed E-state index contributed by atoms with van der Waals surface area (Å²) >= 11 is 0. The third-order valence-electron chi connectivity index (χ3n) is 1.64. The number of hydrogen-bond acceptors (Lipinski definition) is 4. The van der Waals surface area contributed by atoms with Crippen molar-refractivity contribution in [3.05, 3.63) is 0 Å². The molecule has 5 heteroatoms. The smallest absolute Gasteiger partial charge is 0.432 e. The standard InChI is InChI=1S/C8H15NO4/c1-5(2)6(7(10)11)4-9-8(12)13-3/h4-7,10-11H,1-3H3. The fourth-order valence-electron chi connectivity index (χ4n) is 0.793. The number of aliphatic hydroxyl groups excluding tert-OH is 1. The van der Waals surface area contributed by atoms with Crippen LogP contribution in [0.1, 0.15) is 13.8 Å². The van der Waals surface area contributed by atoms with E-state index in [-0.39, 0.29) is 5.92 Å². The third-order valence-corrected chi connectivity index (χ3v) is 1.64. The van der Waals surface area contributed by atoms with Crippen LogP contribution in [0.25, 0.3) is 0 Å². The van der Waals surface area contributed by atoms with Crippen molar-refractivity contribution in [1.29, 1.82) is 0 Å². The highest BCUT2D eigenvalue weighted by atomic mass is 16.5. The molecule has 0 aliphatic rings. The number of methoxy groups -OCH3 is 1. The Morgan fingerprint density at radius 1 is 1.46 bits per heavy atom. The van der Waals surface area contributed by atoms with E-state index in [1.165, 1.54) is 13.3 Å². The Hall–Kier alpha value is -0.940. The maximum absolute atomic E-state index is 10.6. The van der Waals surface area contributed by atoms with Crippen molar-refractivity contribution in [3.8, 4) is 0 Å². The molecule has 5 nitrogen and oxygen atoms in total. The van der Waals surface area contributed by atoms with Crippen molar-refractivity contribution in [2.24, 2.45) is 16.8 Å². The lowest BCUT2D eigenvalue weighted by Gasteiger charge is -2.17. The Morgan fingerprint density at radius 3 is 2.31 bits per heavy atom. The highest BCUT2D eigenvalue weighted by Crippen LogP contribution is 2.11. The van der Waals surface area contributed by atoms with Gasteiger partial charge in [-0.2, -0.15) is 4.99 Å². The van der Waals surface area contributed by atoms with Gasteiger partial charge in [-0.3, -0.25) is 0 Å². The first-order valence-electron chi connectivity index (χ1n) is 3.97. The summed E-state index contributed by atoms with van der Waals surface area (Å²) in [5.74, 6) is -0.562. The minimum atomic E-state index is -1.51. The van der Waals surface area contributed by atoms with E-state index in [0.29, 0.717) is 0 Å². The molecule has 0 aromatic carbocycles. The van der Waals surface area contributed by atoms with Gasteiger partial charge >= 0.3 is 6.09 Å². The molecular formula is C8H15NO4. The highest BCUT2D eigenvalue weighted by Gasteiger charge is 2.18. The summed E-state index contributed by atoms with van der Waals surface area (Å²) in [6, 6.07) is 0. The predicted octanol–water partition coefficient (Wildman–Crippen LogP) is 0.406. The Balaban J connectivity index is 4.25. The highest BCUT2D eigenvalue weighted by molar-refractivity contribution is 5.80. The quantitative estimate of drug-likeness (QED) is 0.497. The van der Waals surface area contributed by atoms with E-state index < -0.39 is 18.3 Å². The van der Waals surface area contributed by atoms with E-state index >= 15 is 0 Å². The van der Waals surface area contributed by atoms with Gasteiger partial charge in [-0.1, -0.05) is 13.8 Å². The molecule has 0 saturated heterocycles. The molecule has 1 amide bonds. The average molecular weight is 189 g/mol. The second-order valence-electron chi connectivity index (χ2n) is 2.98. The molecule has 0 rings (SSSR count). The molecule has 0 spiro atoms. The molecule has 0 saturated carbocycles. The lowest BCUT2D eigenvalue weighted by Crippen LogP contribution is -2.26. The number of rotatable bonds is 3. The van der Waals surface area contributed by atoms with E-state index in [4.69, 9.17) is 10.2 Å². The van der Waals surface area contributed by atoms with Crippen LogP contribution in [0.5, 0.6) is 0 Å². The van der Waals surface area contributed by atoms with E-state index in [2.05, 4.69) is 9.73 Å². The summed E-state index contributed by atoms with van der Waals surface area (Å²) in [6.45, 7) is 3.60. The van der Waals surface area contributed by atoms with Crippen molar-refractivity contribution in [3.63, 3.8) is 0 Å². The number of hydrogen-bond donors (Lipinski definition) is 2. The second-order valence-corrected chi connectivity index (χ2v) is 2.98. The minimum Gasteiger partial charge on any atom is -0.451 e. The van der Waals surface area contributed by atoms with E-state index in [0.717, 1.165) is 0 Å². The first kappa shape index (κ1) is 12.1. The molecule has 2 N–H and O–H groups in total. The number of ether oxygens (including phenoxy) is 1. The fourth-order valence-corrected chi connectivity index (χ4v) is 0.793. The molecule has 0 aliphatic heterocycles. The van der Waals surface area contributed by atoms with Gasteiger partial charge in [-0.25, -0.2) is 4.79 Å². The van der Waals surface area contributed by atoms with E-state index in [1.807, 2.05) is 0 Å². The van der Waals surface area contributed by atoms with Crippen molar-refractivity contribution in [2.75, 3.05) is 7.11 Å². The van der Waals surface area contributed by atoms with Crippen LogP contribution in [0.3, 0.4) is 0 Å². The Labute approximate surface area is 77.1 Å². The van der Waals surface area contributed by atoms with E-state index in [9.17, 15) is 4.79 Å². The van der Waals surface area contributed by atoms with Gasteiger partial charge in [-0.15, -0.1) is 0 Å². The minimum absolute atomic E-state index is 0.00611. The molecule has 0 aromatic heterocycles. The van der Waals surface area contributed by atoms with Crippen LogP contribution < -0.4 is 0 Å². The molecule has 1 unspecified atom stereocenters. The van der Waals surface area contributed by atoms with Crippen molar-refractivity contribution in [1.82, 2.24) is 0 Å². The van der Waals surface area contributed by atoms with Crippen molar-refractivity contribution < 1.29 is 19.7 Å². The lowest BCUT2D eigenvalue weighted by molar-refractivity contribution is -0.0735. The second kappa shape index (κ2) is 5.66. The molecule has 0 radical (unpaired) electrons. The monoisotopic (exact) mass is 189 g/mol. The summed E-state index contributed by atoms with van der Waals surface area (Å²) in [6.07, 6.45) is -1.05. The summed E-state index contributed by atoms with van der Waals surface area (Å²) in [5, 5.41) is 17.8. The molecule has 13 heavy (non-hydrogen) atoms. The summed E-state index contributed by atoms with van der Waals surface area (Å²) in [5.41, 5.74) is 0. The number of amides is 1. The lowest BCUT2D eigenvalue weighted by atomic mass is 9.97. The maximum atomic E-state index is 10.6. The molecule has 0 heterocycles. The molecular weight excluding hydrogens is 174 g/mol. The van der Waals surface area contributed by atoms with Gasteiger partial charge in [0.2, 0.25) is 0 Å². The fraction of sp³-hybridized carbons (Fsp3) is 0.750. The SMILES string of the molecule is COC(=O)N=CC(C(C)C)C(O)O. The largest absolute Gasteiger partial charge is 0.451 e. The van der Waals surface area contributed by atoms with Gasteiger partial charge < -0.3 is 14.9 Å². The zero-order valence-corrected chi connectivity index (χ0v) is 7.97. The number of carbonyl (C=O) groups is 1. The average Bonchev–Trinajstić information content (AvgIpc) is 2.03. The Kier molecular flexibility index (Phi) is 5.25. The topological polar surface area (TPSA) is 79.1 Å². The summed E-state index contributed by atoms with van der Waals surface area (Å²) < 4.78 is 4.26. The van der Waals surface area contributed by atoms with Crippen LogP contribution in [0, 0.1) is 11.8 Å². The first-order valence-corrected chi connectivity index (χ1v) is 3.97. The van der Waals surface area contributed by atoms with Gasteiger partial charge in [0.25, 0.3) is 0 Å². The predicted molar refractivity (Wildman–Crippen MR) is 47.5 cm³/mol. The first-order chi connectivity index (χ1) is 5.99. The number of carbonyl (C=O) groups excluding carboxylic acids is 1. The van der Waals surface area contributed by atoms with Crippen LogP contribution in [-0.2, 0) is 4.74 Å². The van der Waals surface area contributed by atoms with Crippen LogP contribution in [0.2, 0.25) is 0 Å². The maximum Gasteiger partial charge on any atom is 0.432 e. The van der Waals surface area contributed by atoms with Gasteiger partial charge in [0.15, 0.2) is 6.29 Å². The molecule has 0 aliphatic carbocycles. The van der Waals surface area contributed by atoms with Gasteiger partial charge in [0.05, 0.1) is 7.11 Å². The Morgan fingerprint density at radius 2 is 2.00 bits per heavy atom. The summed E-state index contributed by atoms with van der Waals surface area (Å²) in [7, 11) is 1.21. The molecule has 0 bridgehead atoms. The van der Waals surface area contributed by atoms with Crippen LogP contribution in [-0.4, -0.2) is 35.9 Å². The van der Waals surface area contributed by atoms with Crippen molar-refractivity contribution in [2.45, 2.75) is 20.1 Å². The summed E-state index contributed by atoms with van der Waals surface area (Å²) in [4.78, 5) is 14.0. The number of aliphatic hydroxyl groups is 2. The third kappa shape index (κ3) is 4.59. The van der Waals surface area contributed by atoms with E-state index in [1.54, 1.807) is 13.8 Å². The van der Waals surface area contributed by atoms with Crippen LogP contribution >= 0.6 is 0 Å². The zero-order valence-electron chi connectivity index (χ0n) is 7.97. The van der Waals surface area contributed by atoms with Crippen molar-refractivity contribution >= 4 is 12.3 Å². The zero-order chi connectivity index (χ0) is 10.4. The van der Waals surface area contributed by atoms with Gasteiger partial charge in [0.1, 0.15) is 0 Å². The normalized spacial score (nSPS) is 14.1. The molecule has 0 aromatic rings.